The van der Waals surface area contributed by atoms with Crippen molar-refractivity contribution in [3.8, 4) is 0 Å². The van der Waals surface area contributed by atoms with Gasteiger partial charge in [0.05, 0.1) is 9.75 Å². The second kappa shape index (κ2) is 5.79. The Morgan fingerprint density at radius 1 is 1.47 bits per heavy atom. The largest absolute Gasteiger partial charge is 0.480 e. The monoisotopic (exact) mass is 385 g/mol. The topological polar surface area (TPSA) is 80.4 Å². The fourth-order valence-corrected chi connectivity index (χ4v) is 2.25. The smallest absolute Gasteiger partial charge is 0.318 e. The number of hydrogen-bond acceptors (Lipinski definition) is 3. The first kappa shape index (κ1) is 14.4. The summed E-state index contributed by atoms with van der Waals surface area (Å²) in [6.07, 6.45) is 0. The number of halogens is 3. The summed E-state index contributed by atoms with van der Waals surface area (Å²) < 4.78 is 0. The van der Waals surface area contributed by atoms with Crippen molar-refractivity contribution in [3.63, 3.8) is 0 Å². The zero-order valence-corrected chi connectivity index (χ0v) is 12.1. The number of alkyl halides is 2. The molecule has 0 saturated heterocycles. The maximum Gasteiger partial charge on any atom is 0.318 e. The molecule has 2 unspecified atom stereocenters. The third-order valence-electron chi connectivity index (χ3n) is 1.98. The minimum Gasteiger partial charge on any atom is -0.480 e. The normalized spacial score (nSPS) is 14.1. The van der Waals surface area contributed by atoms with Crippen LogP contribution in [-0.4, -0.2) is 20.8 Å². The summed E-state index contributed by atoms with van der Waals surface area (Å²) in [5.74, 6) is -1.12. The molecule has 1 aromatic rings. The Balaban J connectivity index is 3.23. The van der Waals surface area contributed by atoms with Gasteiger partial charge in [0.2, 0.25) is 0 Å². The molecule has 0 spiro atoms. The molecule has 0 bridgehead atoms. The van der Waals surface area contributed by atoms with Gasteiger partial charge in [-0.15, -0.1) is 0 Å². The van der Waals surface area contributed by atoms with Crippen molar-refractivity contribution in [2.75, 3.05) is 0 Å². The van der Waals surface area contributed by atoms with Crippen LogP contribution < -0.4 is 0 Å². The first-order chi connectivity index (χ1) is 7.84. The molecule has 0 aliphatic heterocycles. The first-order valence-electron chi connectivity index (χ1n) is 4.29. The van der Waals surface area contributed by atoms with Crippen LogP contribution in [0.5, 0.6) is 0 Å². The van der Waals surface area contributed by atoms with E-state index in [4.69, 9.17) is 16.7 Å². The Morgan fingerprint density at radius 3 is 2.53 bits per heavy atom. The highest BCUT2D eigenvalue weighted by atomic mass is 79.9. The fraction of sp³-hybridized carbons (Fsp3) is 0.222. The summed E-state index contributed by atoms with van der Waals surface area (Å²) in [4.78, 5) is 19.3. The predicted molar refractivity (Wildman–Crippen MR) is 70.1 cm³/mol. The van der Waals surface area contributed by atoms with Gasteiger partial charge in [0.15, 0.2) is 0 Å². The minimum absolute atomic E-state index is 0.179. The molecule has 1 aromatic carbocycles. The summed E-state index contributed by atoms with van der Waals surface area (Å²) >= 11 is 11.8. The van der Waals surface area contributed by atoms with E-state index in [0.717, 1.165) is 0 Å². The van der Waals surface area contributed by atoms with Crippen LogP contribution in [-0.2, 0) is 4.79 Å². The molecule has 1 N–H and O–H groups in total. The quantitative estimate of drug-likeness (QED) is 0.487. The Bertz CT molecular complexity index is 468. The molecule has 0 aromatic heterocycles. The predicted octanol–water partition coefficient (Wildman–Crippen LogP) is 3.53. The van der Waals surface area contributed by atoms with Crippen LogP contribution in [0, 0.1) is 10.1 Å². The van der Waals surface area contributed by atoms with E-state index in [0.29, 0.717) is 5.02 Å². The number of nitrogens with zero attached hydrogens (tertiary/aromatic N) is 1. The summed E-state index contributed by atoms with van der Waals surface area (Å²) in [7, 11) is 0. The van der Waals surface area contributed by atoms with Crippen LogP contribution in [0.3, 0.4) is 0 Å². The zero-order valence-electron chi connectivity index (χ0n) is 8.14. The van der Waals surface area contributed by atoms with Crippen molar-refractivity contribution in [2.24, 2.45) is 0 Å². The second-order valence-corrected chi connectivity index (χ2v) is 5.51. The highest BCUT2D eigenvalue weighted by Crippen LogP contribution is 2.38. The summed E-state index contributed by atoms with van der Waals surface area (Å²) in [6.45, 7) is 0. The van der Waals surface area contributed by atoms with Gasteiger partial charge in [-0.2, -0.15) is 0 Å². The van der Waals surface area contributed by atoms with Crippen LogP contribution in [0.2, 0.25) is 5.02 Å². The van der Waals surface area contributed by atoms with Gasteiger partial charge in [0.25, 0.3) is 5.69 Å². The van der Waals surface area contributed by atoms with E-state index >= 15 is 0 Å². The summed E-state index contributed by atoms with van der Waals surface area (Å²) in [6, 6.07) is 4.00. The highest BCUT2D eigenvalue weighted by molar-refractivity contribution is 9.12. The molecular weight excluding hydrogens is 381 g/mol. The number of nitro groups is 1. The lowest BCUT2D eigenvalue weighted by Gasteiger charge is -2.13. The Labute approximate surface area is 118 Å². The molecule has 0 radical (unpaired) electrons. The van der Waals surface area contributed by atoms with Crippen molar-refractivity contribution in [2.45, 2.75) is 9.65 Å². The molecule has 0 aliphatic rings. The summed E-state index contributed by atoms with van der Waals surface area (Å²) in [5.41, 5.74) is 0.0359. The van der Waals surface area contributed by atoms with Gasteiger partial charge in [-0.1, -0.05) is 43.5 Å². The highest BCUT2D eigenvalue weighted by Gasteiger charge is 2.30. The lowest BCUT2D eigenvalue weighted by molar-refractivity contribution is -0.385. The number of carbonyl (C=O) groups is 1. The Morgan fingerprint density at radius 2 is 2.06 bits per heavy atom. The van der Waals surface area contributed by atoms with E-state index < -0.39 is 20.5 Å². The molecule has 2 atom stereocenters. The van der Waals surface area contributed by atoms with Gasteiger partial charge < -0.3 is 5.11 Å². The van der Waals surface area contributed by atoms with Crippen LogP contribution in [0.15, 0.2) is 18.2 Å². The molecule has 0 amide bonds. The van der Waals surface area contributed by atoms with Crippen LogP contribution in [0.25, 0.3) is 0 Å². The van der Waals surface area contributed by atoms with Gasteiger partial charge >= 0.3 is 5.97 Å². The number of carboxylic acid groups (broad SMARTS) is 1. The van der Waals surface area contributed by atoms with Gasteiger partial charge in [-0.25, -0.2) is 0 Å². The average molecular weight is 387 g/mol. The van der Waals surface area contributed by atoms with E-state index in [1.807, 2.05) is 0 Å². The third kappa shape index (κ3) is 3.40. The van der Waals surface area contributed by atoms with Crippen molar-refractivity contribution in [3.05, 3.63) is 38.9 Å². The number of nitro benzene ring substituents is 1. The molecule has 0 saturated carbocycles. The molecule has 0 fully saturated rings. The standard InChI is InChI=1S/C9H6Br2ClNO4/c10-7(8(11)9(14)15)5-3-4(12)1-2-6(5)13(16)17/h1-3,7-8H,(H,14,15). The van der Waals surface area contributed by atoms with E-state index in [9.17, 15) is 14.9 Å². The number of carboxylic acids is 1. The average Bonchev–Trinajstić information content (AvgIpc) is 2.26. The summed E-state index contributed by atoms with van der Waals surface area (Å²) in [5, 5.41) is 19.9. The molecule has 17 heavy (non-hydrogen) atoms. The molecule has 5 nitrogen and oxygen atoms in total. The fourth-order valence-electron chi connectivity index (χ4n) is 1.20. The SMILES string of the molecule is O=C(O)C(Br)C(Br)c1cc(Cl)ccc1[N+](=O)[O-]. The number of hydrogen-bond donors (Lipinski definition) is 1. The van der Waals surface area contributed by atoms with E-state index in [2.05, 4.69) is 31.9 Å². The van der Waals surface area contributed by atoms with E-state index in [-0.39, 0.29) is 11.3 Å². The number of rotatable bonds is 4. The first-order valence-corrected chi connectivity index (χ1v) is 6.50. The molecule has 1 rings (SSSR count). The van der Waals surface area contributed by atoms with Gasteiger partial charge in [0, 0.05) is 16.7 Å². The lowest BCUT2D eigenvalue weighted by atomic mass is 10.1. The maximum absolute atomic E-state index is 10.8. The van der Waals surface area contributed by atoms with Gasteiger partial charge in [0.1, 0.15) is 4.83 Å². The van der Waals surface area contributed by atoms with E-state index in [1.54, 1.807) is 0 Å². The number of benzene rings is 1. The van der Waals surface area contributed by atoms with Crippen molar-refractivity contribution < 1.29 is 14.8 Å². The lowest BCUT2D eigenvalue weighted by Crippen LogP contribution is -2.18. The molecular formula is C9H6Br2ClNO4. The van der Waals surface area contributed by atoms with Crippen molar-refractivity contribution >= 4 is 55.1 Å². The van der Waals surface area contributed by atoms with Gasteiger partial charge in [-0.3, -0.25) is 14.9 Å². The molecule has 92 valence electrons. The van der Waals surface area contributed by atoms with Crippen molar-refractivity contribution in [1.29, 1.82) is 0 Å². The molecule has 8 heteroatoms. The Kier molecular flexibility index (Phi) is 4.91. The zero-order chi connectivity index (χ0) is 13.2. The molecule has 0 aliphatic carbocycles. The van der Waals surface area contributed by atoms with Crippen LogP contribution in [0.4, 0.5) is 5.69 Å². The second-order valence-electron chi connectivity index (χ2n) is 3.10. The minimum atomic E-state index is -1.12. The third-order valence-corrected chi connectivity index (χ3v) is 4.86. The number of aliphatic carboxylic acids is 1. The van der Waals surface area contributed by atoms with Crippen molar-refractivity contribution in [1.82, 2.24) is 0 Å². The Hall–Kier alpha value is -0.660. The maximum atomic E-state index is 10.8. The molecule has 0 heterocycles. The van der Waals surface area contributed by atoms with Crippen LogP contribution >= 0.6 is 43.5 Å². The van der Waals surface area contributed by atoms with Crippen LogP contribution in [0.1, 0.15) is 10.4 Å². The van der Waals surface area contributed by atoms with E-state index in [1.165, 1.54) is 18.2 Å². The van der Waals surface area contributed by atoms with Gasteiger partial charge in [-0.05, 0) is 12.1 Å².